The highest BCUT2D eigenvalue weighted by molar-refractivity contribution is 5.87. The van der Waals surface area contributed by atoms with Gasteiger partial charge in [-0.1, -0.05) is 12.1 Å². The van der Waals surface area contributed by atoms with Gasteiger partial charge in [0.2, 0.25) is 0 Å². The zero-order valence-electron chi connectivity index (χ0n) is 10.5. The van der Waals surface area contributed by atoms with Crippen LogP contribution >= 0.6 is 0 Å². The molecule has 1 aromatic rings. The lowest BCUT2D eigenvalue weighted by Crippen LogP contribution is -2.25. The molecule has 2 saturated carbocycles. The number of carbonyl (C=O) groups is 1. The average Bonchev–Trinajstić information content (AvgIpc) is 3.23. The maximum absolute atomic E-state index is 10.7. The molecule has 0 spiro atoms. The zero-order chi connectivity index (χ0) is 12.6. The Hall–Kier alpha value is -1.35. The van der Waals surface area contributed by atoms with Gasteiger partial charge in [-0.3, -0.25) is 0 Å². The molecule has 0 aromatic heterocycles. The van der Waals surface area contributed by atoms with Gasteiger partial charge in [-0.2, -0.15) is 0 Å². The van der Waals surface area contributed by atoms with Crippen molar-refractivity contribution < 1.29 is 9.90 Å². The van der Waals surface area contributed by atoms with E-state index in [-0.39, 0.29) is 0 Å². The fourth-order valence-electron chi connectivity index (χ4n) is 2.81. The molecule has 96 valence electrons. The van der Waals surface area contributed by atoms with E-state index in [1.54, 1.807) is 12.1 Å². The molecule has 18 heavy (non-hydrogen) atoms. The summed E-state index contributed by atoms with van der Waals surface area (Å²) in [5.41, 5.74) is 2.14. The topological polar surface area (TPSA) is 49.3 Å². The fourth-order valence-corrected chi connectivity index (χ4v) is 2.81. The highest BCUT2D eigenvalue weighted by Crippen LogP contribution is 2.60. The van der Waals surface area contributed by atoms with Crippen LogP contribution in [-0.2, 0) is 6.54 Å². The van der Waals surface area contributed by atoms with Crippen LogP contribution in [0.4, 0.5) is 0 Å². The van der Waals surface area contributed by atoms with Crippen LogP contribution in [0.15, 0.2) is 24.3 Å². The zero-order valence-corrected chi connectivity index (χ0v) is 10.5. The van der Waals surface area contributed by atoms with E-state index >= 15 is 0 Å². The van der Waals surface area contributed by atoms with Crippen LogP contribution in [-0.4, -0.2) is 17.6 Å². The molecule has 2 fully saturated rings. The average molecular weight is 245 g/mol. The van der Waals surface area contributed by atoms with Gasteiger partial charge < -0.3 is 10.4 Å². The van der Waals surface area contributed by atoms with Crippen LogP contribution in [0.25, 0.3) is 0 Å². The molecule has 0 heterocycles. The van der Waals surface area contributed by atoms with E-state index in [0.29, 0.717) is 11.0 Å². The molecule has 2 N–H and O–H groups in total. The largest absolute Gasteiger partial charge is 0.478 e. The number of rotatable bonds is 6. The number of aromatic carboxylic acids is 1. The molecule has 3 heteroatoms. The van der Waals surface area contributed by atoms with Gasteiger partial charge in [-0.05, 0) is 54.7 Å². The minimum absolute atomic E-state index is 0.357. The highest BCUT2D eigenvalue weighted by atomic mass is 16.4. The number of benzene rings is 1. The van der Waals surface area contributed by atoms with Gasteiger partial charge in [0.15, 0.2) is 0 Å². The Bertz CT molecular complexity index is 444. The fraction of sp³-hybridized carbons (Fsp3) is 0.533. The van der Waals surface area contributed by atoms with E-state index in [1.165, 1.54) is 25.7 Å². The Morgan fingerprint density at radius 2 is 1.94 bits per heavy atom. The summed E-state index contributed by atoms with van der Waals surface area (Å²) < 4.78 is 0. The van der Waals surface area contributed by atoms with Crippen molar-refractivity contribution in [3.8, 4) is 0 Å². The second-order valence-electron chi connectivity index (χ2n) is 5.74. The second-order valence-corrected chi connectivity index (χ2v) is 5.74. The Morgan fingerprint density at radius 3 is 2.44 bits per heavy atom. The summed E-state index contributed by atoms with van der Waals surface area (Å²) in [6.45, 7) is 1.96. The molecular formula is C15H19NO2. The molecule has 0 unspecified atom stereocenters. The van der Waals surface area contributed by atoms with E-state index in [4.69, 9.17) is 5.11 Å². The first-order valence-electron chi connectivity index (χ1n) is 6.73. The van der Waals surface area contributed by atoms with Crippen molar-refractivity contribution in [3.63, 3.8) is 0 Å². The monoisotopic (exact) mass is 245 g/mol. The molecule has 0 aliphatic heterocycles. The van der Waals surface area contributed by atoms with E-state index in [9.17, 15) is 4.79 Å². The van der Waals surface area contributed by atoms with Crippen LogP contribution in [0.3, 0.4) is 0 Å². The summed E-state index contributed by atoms with van der Waals surface area (Å²) in [7, 11) is 0. The van der Waals surface area contributed by atoms with Crippen molar-refractivity contribution in [3.05, 3.63) is 35.4 Å². The van der Waals surface area contributed by atoms with Gasteiger partial charge in [-0.25, -0.2) is 4.79 Å². The van der Waals surface area contributed by atoms with Crippen molar-refractivity contribution in [2.75, 3.05) is 6.54 Å². The maximum atomic E-state index is 10.7. The van der Waals surface area contributed by atoms with Gasteiger partial charge in [0.25, 0.3) is 0 Å². The van der Waals surface area contributed by atoms with Crippen molar-refractivity contribution in [1.82, 2.24) is 5.32 Å². The van der Waals surface area contributed by atoms with Gasteiger partial charge in [-0.15, -0.1) is 0 Å². The molecule has 2 aliphatic rings. The molecule has 0 saturated heterocycles. The van der Waals surface area contributed by atoms with Crippen LogP contribution in [0.5, 0.6) is 0 Å². The number of carboxylic acid groups (broad SMARTS) is 1. The third kappa shape index (κ3) is 2.41. The molecule has 0 radical (unpaired) electrons. The third-order valence-electron chi connectivity index (χ3n) is 4.34. The summed E-state index contributed by atoms with van der Waals surface area (Å²) in [6.07, 6.45) is 5.63. The first-order chi connectivity index (χ1) is 8.70. The van der Waals surface area contributed by atoms with Crippen molar-refractivity contribution in [2.45, 2.75) is 32.2 Å². The number of hydrogen-bond donors (Lipinski definition) is 2. The molecule has 3 nitrogen and oxygen atoms in total. The lowest BCUT2D eigenvalue weighted by Gasteiger charge is -2.15. The Balaban J connectivity index is 1.49. The molecule has 1 aromatic carbocycles. The Labute approximate surface area is 107 Å². The van der Waals surface area contributed by atoms with E-state index in [2.05, 4.69) is 5.32 Å². The third-order valence-corrected chi connectivity index (χ3v) is 4.34. The lowest BCUT2D eigenvalue weighted by molar-refractivity contribution is 0.0697. The molecule has 2 aliphatic carbocycles. The first-order valence-corrected chi connectivity index (χ1v) is 6.73. The van der Waals surface area contributed by atoms with Gasteiger partial charge >= 0.3 is 5.97 Å². The molecule has 0 atom stereocenters. The van der Waals surface area contributed by atoms with Crippen molar-refractivity contribution in [1.29, 1.82) is 0 Å². The van der Waals surface area contributed by atoms with Crippen LogP contribution < -0.4 is 5.32 Å². The smallest absolute Gasteiger partial charge is 0.335 e. The van der Waals surface area contributed by atoms with Gasteiger partial charge in [0.05, 0.1) is 5.56 Å². The summed E-state index contributed by atoms with van der Waals surface area (Å²) in [5, 5.41) is 12.3. The number of nitrogens with one attached hydrogen (secondary N) is 1. The van der Waals surface area contributed by atoms with Crippen LogP contribution in [0.1, 0.15) is 41.6 Å². The van der Waals surface area contributed by atoms with E-state index in [0.717, 1.165) is 24.6 Å². The minimum Gasteiger partial charge on any atom is -0.478 e. The molecule has 0 bridgehead atoms. The molecular weight excluding hydrogens is 226 g/mol. The quantitative estimate of drug-likeness (QED) is 0.810. The summed E-state index contributed by atoms with van der Waals surface area (Å²) in [6, 6.07) is 7.14. The normalized spacial score (nSPS) is 20.7. The van der Waals surface area contributed by atoms with E-state index in [1.807, 2.05) is 12.1 Å². The predicted molar refractivity (Wildman–Crippen MR) is 69.5 cm³/mol. The van der Waals surface area contributed by atoms with Gasteiger partial charge in [0.1, 0.15) is 0 Å². The molecule has 0 amide bonds. The second kappa shape index (κ2) is 4.39. The SMILES string of the molecule is O=C(O)c1ccc(CNCC2(C3CC3)CC2)cc1. The highest BCUT2D eigenvalue weighted by Gasteiger charge is 2.53. The minimum atomic E-state index is -0.861. The first kappa shape index (κ1) is 11.7. The van der Waals surface area contributed by atoms with Gasteiger partial charge in [0, 0.05) is 13.1 Å². The Morgan fingerprint density at radius 1 is 1.28 bits per heavy atom. The predicted octanol–water partition coefficient (Wildman–Crippen LogP) is 2.66. The summed E-state index contributed by atoms with van der Waals surface area (Å²) >= 11 is 0. The Kier molecular flexibility index (Phi) is 2.86. The molecule has 3 rings (SSSR count). The van der Waals surface area contributed by atoms with E-state index < -0.39 is 5.97 Å². The van der Waals surface area contributed by atoms with Crippen LogP contribution in [0, 0.1) is 11.3 Å². The summed E-state index contributed by atoms with van der Waals surface area (Å²) in [5.74, 6) is 0.125. The summed E-state index contributed by atoms with van der Waals surface area (Å²) in [4.78, 5) is 10.7. The number of carboxylic acids is 1. The number of hydrogen-bond acceptors (Lipinski definition) is 2. The standard InChI is InChI=1S/C15H19NO2/c17-14(18)12-3-1-11(2-4-12)9-16-10-15(7-8-15)13-5-6-13/h1-4,13,16H,5-10H2,(H,17,18). The van der Waals surface area contributed by atoms with Crippen LogP contribution in [0.2, 0.25) is 0 Å². The van der Waals surface area contributed by atoms with Crippen molar-refractivity contribution >= 4 is 5.97 Å². The lowest BCUT2D eigenvalue weighted by atomic mass is 10.0. The van der Waals surface area contributed by atoms with Crippen molar-refractivity contribution in [2.24, 2.45) is 11.3 Å². The maximum Gasteiger partial charge on any atom is 0.335 e.